The number of carbonyl (C=O) groups is 1. The first-order valence-corrected chi connectivity index (χ1v) is 8.97. The Kier molecular flexibility index (Phi) is 5.46. The van der Waals surface area contributed by atoms with E-state index in [1.54, 1.807) is 18.4 Å². The molecule has 128 valence electrons. The van der Waals surface area contributed by atoms with Crippen molar-refractivity contribution in [2.24, 2.45) is 0 Å². The number of aryl methyl sites for hydroxylation is 2. The number of carbonyl (C=O) groups excluding carboxylic acids is 1. The van der Waals surface area contributed by atoms with Gasteiger partial charge in [-0.2, -0.15) is 0 Å². The Morgan fingerprint density at radius 1 is 1.20 bits per heavy atom. The van der Waals surface area contributed by atoms with Crippen molar-refractivity contribution in [1.82, 2.24) is 4.98 Å². The molecule has 0 fully saturated rings. The monoisotopic (exact) mass is 352 g/mol. The van der Waals surface area contributed by atoms with Crippen molar-refractivity contribution in [3.8, 4) is 17.0 Å². The molecule has 0 aliphatic rings. The maximum atomic E-state index is 12.1. The Morgan fingerprint density at radius 3 is 2.72 bits per heavy atom. The van der Waals surface area contributed by atoms with Crippen molar-refractivity contribution in [2.75, 3.05) is 12.4 Å². The number of nitrogens with one attached hydrogen (secondary N) is 1. The first-order valence-electron chi connectivity index (χ1n) is 8.09. The van der Waals surface area contributed by atoms with Crippen LogP contribution in [0.4, 0.5) is 5.69 Å². The third kappa shape index (κ3) is 4.67. The molecule has 0 saturated carbocycles. The normalized spacial score (nSPS) is 10.5. The number of anilines is 1. The van der Waals surface area contributed by atoms with Gasteiger partial charge in [0.25, 0.3) is 0 Å². The minimum atomic E-state index is 0.00629. The molecular weight excluding hydrogens is 332 g/mol. The first kappa shape index (κ1) is 17.2. The molecule has 0 spiro atoms. The van der Waals surface area contributed by atoms with Gasteiger partial charge >= 0.3 is 0 Å². The zero-order chi connectivity index (χ0) is 17.6. The fraction of sp³-hybridized carbons (Fsp3) is 0.200. The Morgan fingerprint density at radius 2 is 2.00 bits per heavy atom. The van der Waals surface area contributed by atoms with E-state index in [1.165, 1.54) is 0 Å². The quantitative estimate of drug-likeness (QED) is 0.700. The first-order chi connectivity index (χ1) is 12.1. The highest BCUT2D eigenvalue weighted by Gasteiger charge is 2.08. The number of hydrogen-bond donors (Lipinski definition) is 1. The average molecular weight is 352 g/mol. The molecule has 1 N–H and O–H groups in total. The number of rotatable bonds is 6. The summed E-state index contributed by atoms with van der Waals surface area (Å²) in [4.78, 5) is 16.7. The number of amides is 1. The lowest BCUT2D eigenvalue weighted by molar-refractivity contribution is -0.116. The van der Waals surface area contributed by atoms with Gasteiger partial charge in [-0.1, -0.05) is 12.1 Å². The van der Waals surface area contributed by atoms with Crippen LogP contribution in [0.1, 0.15) is 17.0 Å². The van der Waals surface area contributed by atoms with Gasteiger partial charge in [-0.15, -0.1) is 11.3 Å². The van der Waals surface area contributed by atoms with Crippen LogP contribution in [0, 0.1) is 6.92 Å². The predicted octanol–water partition coefficient (Wildman–Crippen LogP) is 4.70. The van der Waals surface area contributed by atoms with Gasteiger partial charge in [0.2, 0.25) is 5.91 Å². The van der Waals surface area contributed by atoms with Gasteiger partial charge in [0.1, 0.15) is 5.75 Å². The van der Waals surface area contributed by atoms with E-state index in [1.807, 2.05) is 60.8 Å². The molecule has 0 radical (unpaired) electrons. The Labute approximate surface area is 151 Å². The van der Waals surface area contributed by atoms with Gasteiger partial charge < -0.3 is 10.1 Å². The molecular formula is C20H20N2O2S. The maximum Gasteiger partial charge on any atom is 0.224 e. The Bertz CT molecular complexity index is 856. The number of hydrogen-bond acceptors (Lipinski definition) is 4. The van der Waals surface area contributed by atoms with Crippen LogP contribution in [0.2, 0.25) is 0 Å². The molecule has 0 aliphatic carbocycles. The highest BCUT2D eigenvalue weighted by Crippen LogP contribution is 2.24. The standard InChI is InChI=1S/C20H20N2O2S/c1-14-4-3-5-16(12-14)21-19(23)10-11-20-22-18(13-25-20)15-6-8-17(24-2)9-7-15/h3-9,12-13H,10-11H2,1-2H3,(H,21,23). The number of thiazole rings is 1. The summed E-state index contributed by atoms with van der Waals surface area (Å²) in [6.45, 7) is 2.01. The summed E-state index contributed by atoms with van der Waals surface area (Å²) in [5, 5.41) is 5.91. The second-order valence-electron chi connectivity index (χ2n) is 5.77. The van der Waals surface area contributed by atoms with Crippen LogP contribution in [0.3, 0.4) is 0 Å². The summed E-state index contributed by atoms with van der Waals surface area (Å²) >= 11 is 1.58. The SMILES string of the molecule is COc1ccc(-c2csc(CCC(=O)Nc3cccc(C)c3)n2)cc1. The third-order valence-corrected chi connectivity index (χ3v) is 4.71. The van der Waals surface area contributed by atoms with Crippen molar-refractivity contribution in [3.05, 3.63) is 64.5 Å². The van der Waals surface area contributed by atoms with E-state index in [9.17, 15) is 4.79 Å². The number of methoxy groups -OCH3 is 1. The van der Waals surface area contributed by atoms with Crippen molar-refractivity contribution < 1.29 is 9.53 Å². The van der Waals surface area contributed by atoms with E-state index in [0.717, 1.165) is 33.3 Å². The average Bonchev–Trinajstić information content (AvgIpc) is 3.09. The van der Waals surface area contributed by atoms with E-state index >= 15 is 0 Å². The molecule has 4 nitrogen and oxygen atoms in total. The lowest BCUT2D eigenvalue weighted by Crippen LogP contribution is -2.12. The van der Waals surface area contributed by atoms with Gasteiger partial charge in [0.15, 0.2) is 0 Å². The molecule has 0 aliphatic heterocycles. The summed E-state index contributed by atoms with van der Waals surface area (Å²) < 4.78 is 5.17. The zero-order valence-corrected chi connectivity index (χ0v) is 15.1. The van der Waals surface area contributed by atoms with E-state index in [0.29, 0.717) is 12.8 Å². The van der Waals surface area contributed by atoms with E-state index in [4.69, 9.17) is 4.74 Å². The van der Waals surface area contributed by atoms with Gasteiger partial charge in [-0.25, -0.2) is 4.98 Å². The molecule has 1 amide bonds. The zero-order valence-electron chi connectivity index (χ0n) is 14.3. The topological polar surface area (TPSA) is 51.2 Å². The fourth-order valence-electron chi connectivity index (χ4n) is 2.49. The molecule has 0 unspecified atom stereocenters. The van der Waals surface area contributed by atoms with Gasteiger partial charge in [0, 0.05) is 29.5 Å². The van der Waals surface area contributed by atoms with Crippen molar-refractivity contribution in [3.63, 3.8) is 0 Å². The summed E-state index contributed by atoms with van der Waals surface area (Å²) in [6, 6.07) is 15.6. The fourth-order valence-corrected chi connectivity index (χ4v) is 3.29. The molecule has 5 heteroatoms. The van der Waals surface area contributed by atoms with Gasteiger partial charge in [0.05, 0.1) is 17.8 Å². The summed E-state index contributed by atoms with van der Waals surface area (Å²) in [7, 11) is 1.65. The lowest BCUT2D eigenvalue weighted by Gasteiger charge is -2.05. The third-order valence-electron chi connectivity index (χ3n) is 3.81. The van der Waals surface area contributed by atoms with Crippen LogP contribution >= 0.6 is 11.3 Å². The van der Waals surface area contributed by atoms with Crippen LogP contribution in [-0.2, 0) is 11.2 Å². The van der Waals surface area contributed by atoms with Crippen LogP contribution < -0.4 is 10.1 Å². The minimum absolute atomic E-state index is 0.00629. The number of ether oxygens (including phenoxy) is 1. The maximum absolute atomic E-state index is 12.1. The molecule has 0 atom stereocenters. The molecule has 25 heavy (non-hydrogen) atoms. The Balaban J connectivity index is 1.56. The van der Waals surface area contributed by atoms with Crippen molar-refractivity contribution >= 4 is 22.9 Å². The van der Waals surface area contributed by atoms with E-state index < -0.39 is 0 Å². The highest BCUT2D eigenvalue weighted by atomic mass is 32.1. The van der Waals surface area contributed by atoms with Crippen molar-refractivity contribution in [1.29, 1.82) is 0 Å². The Hall–Kier alpha value is -2.66. The smallest absolute Gasteiger partial charge is 0.224 e. The molecule has 2 aromatic carbocycles. The second kappa shape index (κ2) is 7.94. The molecule has 0 saturated heterocycles. The summed E-state index contributed by atoms with van der Waals surface area (Å²) in [6.07, 6.45) is 1.06. The summed E-state index contributed by atoms with van der Waals surface area (Å²) in [5.74, 6) is 0.832. The molecule has 1 heterocycles. The van der Waals surface area contributed by atoms with Gasteiger partial charge in [-0.3, -0.25) is 4.79 Å². The van der Waals surface area contributed by atoms with Crippen LogP contribution in [-0.4, -0.2) is 18.0 Å². The van der Waals surface area contributed by atoms with Crippen LogP contribution in [0.25, 0.3) is 11.3 Å². The second-order valence-corrected chi connectivity index (χ2v) is 6.72. The lowest BCUT2D eigenvalue weighted by atomic mass is 10.2. The largest absolute Gasteiger partial charge is 0.497 e. The minimum Gasteiger partial charge on any atom is -0.497 e. The molecule has 1 aromatic heterocycles. The number of aromatic nitrogens is 1. The molecule has 3 aromatic rings. The molecule has 0 bridgehead atoms. The van der Waals surface area contributed by atoms with Gasteiger partial charge in [-0.05, 0) is 48.9 Å². The number of nitrogens with zero attached hydrogens (tertiary/aromatic N) is 1. The molecule has 3 rings (SSSR count). The highest BCUT2D eigenvalue weighted by molar-refractivity contribution is 7.09. The van der Waals surface area contributed by atoms with Crippen LogP contribution in [0.15, 0.2) is 53.9 Å². The van der Waals surface area contributed by atoms with E-state index in [-0.39, 0.29) is 5.91 Å². The number of benzene rings is 2. The van der Waals surface area contributed by atoms with E-state index in [2.05, 4.69) is 10.3 Å². The van der Waals surface area contributed by atoms with Crippen molar-refractivity contribution in [2.45, 2.75) is 19.8 Å². The summed E-state index contributed by atoms with van der Waals surface area (Å²) in [5.41, 5.74) is 3.94. The predicted molar refractivity (Wildman–Crippen MR) is 102 cm³/mol. The van der Waals surface area contributed by atoms with Crippen LogP contribution in [0.5, 0.6) is 5.75 Å².